The van der Waals surface area contributed by atoms with Crippen LogP contribution in [0.15, 0.2) is 30.3 Å². The molecule has 0 fully saturated rings. The predicted octanol–water partition coefficient (Wildman–Crippen LogP) is 3.65. The van der Waals surface area contributed by atoms with Crippen molar-refractivity contribution >= 4 is 45.7 Å². The molecule has 0 bridgehead atoms. The number of nitro benzene ring substituents is 1. The summed E-state index contributed by atoms with van der Waals surface area (Å²) in [5, 5.41) is 23.6. The summed E-state index contributed by atoms with van der Waals surface area (Å²) in [5.41, 5.74) is -0.111. The second-order valence-corrected chi connectivity index (χ2v) is 5.82. The van der Waals surface area contributed by atoms with E-state index in [9.17, 15) is 20.0 Å². The number of halogens is 1. The van der Waals surface area contributed by atoms with Crippen LogP contribution in [0.3, 0.4) is 0 Å². The molecule has 0 saturated carbocycles. The van der Waals surface area contributed by atoms with Crippen LogP contribution < -0.4 is 14.8 Å². The number of methoxy groups -OCH3 is 2. The number of carbonyl (C=O) groups is 1. The van der Waals surface area contributed by atoms with Crippen molar-refractivity contribution in [2.75, 3.05) is 19.5 Å². The average molecular weight is 405 g/mol. The Kier molecular flexibility index (Phi) is 5.14. The lowest BCUT2D eigenvalue weighted by atomic mass is 10.1. The topological polar surface area (TPSA) is 137 Å². The smallest absolute Gasteiger partial charge is 0.338 e. The number of non-ortho nitro benzene ring substituents is 1. The van der Waals surface area contributed by atoms with Crippen LogP contribution in [0.1, 0.15) is 10.4 Å². The summed E-state index contributed by atoms with van der Waals surface area (Å²) in [6, 6.07) is 6.63. The van der Waals surface area contributed by atoms with Crippen LogP contribution in [0.4, 0.5) is 17.2 Å². The molecular weight excluding hydrogens is 392 g/mol. The van der Waals surface area contributed by atoms with E-state index in [-0.39, 0.29) is 28.0 Å². The third kappa shape index (κ3) is 3.58. The Hall–Kier alpha value is -3.66. The van der Waals surface area contributed by atoms with Gasteiger partial charge in [0.15, 0.2) is 11.5 Å². The van der Waals surface area contributed by atoms with Gasteiger partial charge in [-0.05, 0) is 23.7 Å². The third-order valence-electron chi connectivity index (χ3n) is 3.87. The molecule has 0 saturated heterocycles. The van der Waals surface area contributed by atoms with Crippen molar-refractivity contribution in [1.29, 1.82) is 0 Å². The molecule has 1 heterocycles. The van der Waals surface area contributed by atoms with E-state index < -0.39 is 10.9 Å². The molecule has 0 radical (unpaired) electrons. The second-order valence-electron chi connectivity index (χ2n) is 5.48. The highest BCUT2D eigenvalue weighted by Gasteiger charge is 2.19. The fourth-order valence-electron chi connectivity index (χ4n) is 2.58. The van der Waals surface area contributed by atoms with Gasteiger partial charge in [-0.2, -0.15) is 4.98 Å². The fourth-order valence-corrected chi connectivity index (χ4v) is 2.76. The number of hydrogen-bond acceptors (Lipinski definition) is 8. The molecule has 0 aliphatic heterocycles. The molecule has 0 spiro atoms. The first-order chi connectivity index (χ1) is 13.3. The van der Waals surface area contributed by atoms with E-state index in [0.717, 1.165) is 6.07 Å². The number of nitrogens with one attached hydrogen (secondary N) is 1. The van der Waals surface area contributed by atoms with E-state index in [2.05, 4.69) is 15.3 Å². The number of nitrogens with zero attached hydrogens (tertiary/aromatic N) is 3. The highest BCUT2D eigenvalue weighted by Crippen LogP contribution is 2.36. The Bertz CT molecular complexity index is 1100. The first-order valence-corrected chi connectivity index (χ1v) is 8.10. The number of hydrogen-bond donors (Lipinski definition) is 2. The minimum atomic E-state index is -1.34. The standard InChI is InChI=1S/C17H13ClN4O6/c1-27-13-6-9-12(7-14(13)28-2)20-17(18)21-15(9)19-11-4-3-8(22(25)26)5-10(11)16(23)24/h3-7H,1-2H3,(H,23,24)(H,19,20,21). The number of aromatic carboxylic acids is 1. The number of anilines is 2. The molecule has 2 aromatic carbocycles. The lowest BCUT2D eigenvalue weighted by Crippen LogP contribution is -2.06. The average Bonchev–Trinajstić information content (AvgIpc) is 2.66. The molecular formula is C17H13ClN4O6. The Morgan fingerprint density at radius 3 is 2.46 bits per heavy atom. The molecule has 1 aromatic heterocycles. The van der Waals surface area contributed by atoms with E-state index in [1.54, 1.807) is 12.1 Å². The Labute approximate surface area is 162 Å². The zero-order valence-corrected chi connectivity index (χ0v) is 15.4. The second kappa shape index (κ2) is 7.53. The normalized spacial score (nSPS) is 10.5. The fraction of sp³-hybridized carbons (Fsp3) is 0.118. The molecule has 0 atom stereocenters. The zero-order chi connectivity index (χ0) is 20.4. The van der Waals surface area contributed by atoms with Gasteiger partial charge < -0.3 is 19.9 Å². The van der Waals surface area contributed by atoms with E-state index in [4.69, 9.17) is 21.1 Å². The lowest BCUT2D eigenvalue weighted by molar-refractivity contribution is -0.384. The van der Waals surface area contributed by atoms with Gasteiger partial charge in [0.25, 0.3) is 5.69 Å². The summed E-state index contributed by atoms with van der Waals surface area (Å²) in [7, 11) is 2.94. The van der Waals surface area contributed by atoms with Gasteiger partial charge in [-0.25, -0.2) is 9.78 Å². The quantitative estimate of drug-likeness (QED) is 0.358. The molecule has 0 aliphatic rings. The highest BCUT2D eigenvalue weighted by molar-refractivity contribution is 6.29. The number of fused-ring (bicyclic) bond motifs is 1. The molecule has 28 heavy (non-hydrogen) atoms. The maximum absolute atomic E-state index is 11.5. The van der Waals surface area contributed by atoms with E-state index in [1.165, 1.54) is 26.4 Å². The monoisotopic (exact) mass is 404 g/mol. The van der Waals surface area contributed by atoms with Crippen molar-refractivity contribution in [2.45, 2.75) is 0 Å². The summed E-state index contributed by atoms with van der Waals surface area (Å²) < 4.78 is 10.5. The van der Waals surface area contributed by atoms with Crippen LogP contribution in [-0.2, 0) is 0 Å². The summed E-state index contributed by atoms with van der Waals surface area (Å²) in [6.07, 6.45) is 0. The first-order valence-electron chi connectivity index (χ1n) is 7.72. The Balaban J connectivity index is 2.17. The van der Waals surface area contributed by atoms with E-state index in [0.29, 0.717) is 22.4 Å². The maximum atomic E-state index is 11.5. The molecule has 10 nitrogen and oxygen atoms in total. The summed E-state index contributed by atoms with van der Waals surface area (Å²) in [4.78, 5) is 30.0. The third-order valence-corrected chi connectivity index (χ3v) is 4.04. The molecule has 0 aliphatic carbocycles. The van der Waals surface area contributed by atoms with Crippen molar-refractivity contribution in [1.82, 2.24) is 9.97 Å². The van der Waals surface area contributed by atoms with Gasteiger partial charge in [0.1, 0.15) is 5.82 Å². The molecule has 11 heteroatoms. The van der Waals surface area contributed by atoms with Crippen molar-refractivity contribution in [2.24, 2.45) is 0 Å². The van der Waals surface area contributed by atoms with Crippen LogP contribution in [-0.4, -0.2) is 40.2 Å². The van der Waals surface area contributed by atoms with Crippen LogP contribution in [0.25, 0.3) is 10.9 Å². The summed E-state index contributed by atoms with van der Waals surface area (Å²) >= 11 is 5.99. The van der Waals surface area contributed by atoms with Gasteiger partial charge in [0, 0.05) is 23.6 Å². The number of ether oxygens (including phenoxy) is 2. The van der Waals surface area contributed by atoms with Crippen LogP contribution in [0.5, 0.6) is 11.5 Å². The van der Waals surface area contributed by atoms with Gasteiger partial charge in [0.2, 0.25) is 5.28 Å². The first kappa shape index (κ1) is 19.1. The minimum Gasteiger partial charge on any atom is -0.493 e. The number of carboxylic acids is 1. The van der Waals surface area contributed by atoms with Crippen molar-refractivity contribution in [3.05, 3.63) is 51.3 Å². The predicted molar refractivity (Wildman–Crippen MR) is 101 cm³/mol. The van der Waals surface area contributed by atoms with Gasteiger partial charge in [-0.1, -0.05) is 0 Å². The SMILES string of the molecule is COc1cc2nc(Cl)nc(Nc3ccc([N+](=O)[O-])cc3C(=O)O)c2cc1OC. The summed E-state index contributed by atoms with van der Waals surface area (Å²) in [6.45, 7) is 0. The number of nitro groups is 1. The van der Waals surface area contributed by atoms with E-state index >= 15 is 0 Å². The number of benzene rings is 2. The van der Waals surface area contributed by atoms with Crippen molar-refractivity contribution < 1.29 is 24.3 Å². The lowest BCUT2D eigenvalue weighted by Gasteiger charge is -2.13. The molecule has 0 unspecified atom stereocenters. The number of aromatic nitrogens is 2. The van der Waals surface area contributed by atoms with Crippen LogP contribution in [0.2, 0.25) is 5.28 Å². The summed E-state index contributed by atoms with van der Waals surface area (Å²) in [5.74, 6) is -0.300. The van der Waals surface area contributed by atoms with E-state index in [1.807, 2.05) is 0 Å². The van der Waals surface area contributed by atoms with Gasteiger partial charge in [-0.3, -0.25) is 10.1 Å². The highest BCUT2D eigenvalue weighted by atomic mass is 35.5. The number of rotatable bonds is 6. The Morgan fingerprint density at radius 1 is 1.18 bits per heavy atom. The van der Waals surface area contributed by atoms with Gasteiger partial charge >= 0.3 is 5.97 Å². The van der Waals surface area contributed by atoms with Crippen LogP contribution in [0, 0.1) is 10.1 Å². The van der Waals surface area contributed by atoms with Crippen molar-refractivity contribution in [3.8, 4) is 11.5 Å². The number of carboxylic acid groups (broad SMARTS) is 1. The molecule has 3 rings (SSSR count). The largest absolute Gasteiger partial charge is 0.493 e. The Morgan fingerprint density at radius 2 is 1.86 bits per heavy atom. The van der Waals surface area contributed by atoms with Gasteiger partial charge in [0.05, 0.1) is 35.9 Å². The molecule has 0 amide bonds. The maximum Gasteiger partial charge on any atom is 0.338 e. The van der Waals surface area contributed by atoms with Crippen molar-refractivity contribution in [3.63, 3.8) is 0 Å². The van der Waals surface area contributed by atoms with Gasteiger partial charge in [-0.15, -0.1) is 0 Å². The molecule has 3 aromatic rings. The zero-order valence-electron chi connectivity index (χ0n) is 14.6. The molecule has 2 N–H and O–H groups in total. The van der Waals surface area contributed by atoms with Crippen LogP contribution >= 0.6 is 11.6 Å². The molecule has 144 valence electrons. The minimum absolute atomic E-state index is 0.0824.